The van der Waals surface area contributed by atoms with Crippen LogP contribution in [-0.4, -0.2) is 94.5 Å². The molecule has 0 radical (unpaired) electrons. The highest BCUT2D eigenvalue weighted by molar-refractivity contribution is 7.61. The van der Waals surface area contributed by atoms with Crippen LogP contribution in [0.2, 0.25) is 0 Å². The molecule has 4 aliphatic rings. The molecule has 8 bridgehead atoms. The van der Waals surface area contributed by atoms with Gasteiger partial charge in [-0.1, -0.05) is 10.1 Å². The van der Waals surface area contributed by atoms with Crippen molar-refractivity contribution in [1.82, 2.24) is 14.5 Å². The number of phosphoric acid groups is 2. The van der Waals surface area contributed by atoms with Crippen molar-refractivity contribution in [2.45, 2.75) is 61.7 Å². The van der Waals surface area contributed by atoms with Gasteiger partial charge >= 0.3 is 15.6 Å². The van der Waals surface area contributed by atoms with Crippen LogP contribution in [0.1, 0.15) is 25.1 Å². The number of phosphoric ester groups is 2. The maximum absolute atomic E-state index is 12.8. The van der Waals surface area contributed by atoms with Crippen molar-refractivity contribution in [2.24, 2.45) is 11.0 Å². The number of nitrogens with zero attached hydrogens (tertiary/aromatic N) is 7. The molecule has 0 amide bonds. The van der Waals surface area contributed by atoms with E-state index in [0.717, 1.165) is 0 Å². The Morgan fingerprint density at radius 1 is 1.15 bits per heavy atom. The van der Waals surface area contributed by atoms with Gasteiger partial charge in [0.25, 0.3) is 5.82 Å². The molecule has 22 heteroatoms. The first-order valence-electron chi connectivity index (χ1n) is 11.9. The van der Waals surface area contributed by atoms with Gasteiger partial charge in [-0.25, -0.2) is 18.7 Å². The predicted molar refractivity (Wildman–Crippen MR) is 127 cm³/mol. The van der Waals surface area contributed by atoms with Crippen molar-refractivity contribution in [3.63, 3.8) is 0 Å². The number of aliphatic hydroxyl groups excluding tert-OH is 4. The molecule has 2 unspecified atom stereocenters. The minimum Gasteiger partial charge on any atom is -0.390 e. The van der Waals surface area contributed by atoms with Gasteiger partial charge in [0.05, 0.1) is 18.8 Å². The van der Waals surface area contributed by atoms with Crippen molar-refractivity contribution in [3.05, 3.63) is 23.1 Å². The molecule has 220 valence electrons. The lowest BCUT2D eigenvalue weighted by Gasteiger charge is -2.28. The van der Waals surface area contributed by atoms with Gasteiger partial charge < -0.3 is 40.7 Å². The van der Waals surface area contributed by atoms with Gasteiger partial charge in [0.2, 0.25) is 12.0 Å². The second-order valence-corrected chi connectivity index (χ2v) is 12.6. The van der Waals surface area contributed by atoms with E-state index in [1.807, 2.05) is 0 Å². The summed E-state index contributed by atoms with van der Waals surface area (Å²) in [6.45, 7) is -1.13. The van der Waals surface area contributed by atoms with E-state index >= 15 is 0 Å². The van der Waals surface area contributed by atoms with Gasteiger partial charge in [0, 0.05) is 17.4 Å². The Hall–Kier alpha value is -2.28. The molecule has 1 aliphatic carbocycles. The van der Waals surface area contributed by atoms with E-state index in [1.165, 1.54) is 21.8 Å². The summed E-state index contributed by atoms with van der Waals surface area (Å²) in [7, 11) is -10.7. The summed E-state index contributed by atoms with van der Waals surface area (Å²) in [5, 5.41) is 46.2. The van der Waals surface area contributed by atoms with E-state index in [2.05, 4.69) is 24.3 Å². The molecule has 2 aromatic rings. The van der Waals surface area contributed by atoms with Crippen molar-refractivity contribution >= 4 is 32.6 Å². The molecule has 0 aromatic carbocycles. The lowest BCUT2D eigenvalue weighted by atomic mass is 9.96. The monoisotopic (exact) mass is 609 g/mol. The second kappa shape index (κ2) is 10.8. The third kappa shape index (κ3) is 5.35. The van der Waals surface area contributed by atoms with Crippen LogP contribution in [0.3, 0.4) is 0 Å². The number of anilines is 1. The molecule has 6 rings (SSSR count). The number of nitrogen functional groups attached to an aromatic ring is 1. The Labute approximate surface area is 224 Å². The molecule has 5 heterocycles. The number of azide groups is 1. The largest absolute Gasteiger partial charge is 0.481 e. The van der Waals surface area contributed by atoms with Gasteiger partial charge in [-0.2, -0.15) is 4.31 Å². The topological polar surface area (TPSA) is 302 Å². The number of ether oxygens (including phenoxy) is 1. The summed E-state index contributed by atoms with van der Waals surface area (Å²) in [5.74, 6) is -1.07. The summed E-state index contributed by atoms with van der Waals surface area (Å²) >= 11 is 0. The van der Waals surface area contributed by atoms with Gasteiger partial charge in [0.1, 0.15) is 36.8 Å². The number of hydrogen-bond donors (Lipinski definition) is 7. The summed E-state index contributed by atoms with van der Waals surface area (Å²) in [4.78, 5) is 31.5. The molecule has 3 aliphatic heterocycles. The third-order valence-corrected chi connectivity index (χ3v) is 9.85. The minimum atomic E-state index is -5.41. The standard InChI is InChI=1S/C18H26N8O12P2/c19-16-11-17-22-6-25(16)8-3-7(12(27)13(8)28)9(1-2-23-24-20)37-40(33,34)38-39(31,32)35-4-10-14(29)15(30)18(36-10)26(17)5-21-11/h5-10,12-15,18-19,27-30H,1-4H2,(H2,31,32,33,34)/p+1/t7-,8-,9-,10-,12-,13+,14-,15-,18-/m1/s1. The van der Waals surface area contributed by atoms with Gasteiger partial charge in [-0.3, -0.25) is 13.6 Å². The average molecular weight is 609 g/mol. The third-order valence-electron chi connectivity index (χ3n) is 7.19. The minimum absolute atomic E-state index is 0.0126. The number of rotatable bonds is 3. The maximum atomic E-state index is 12.8. The number of fused-ring (bicyclic) bond motifs is 7. The highest BCUT2D eigenvalue weighted by atomic mass is 31.3. The summed E-state index contributed by atoms with van der Waals surface area (Å²) in [6, 6.07) is -0.947. The van der Waals surface area contributed by atoms with Gasteiger partial charge in [0.15, 0.2) is 11.7 Å². The Morgan fingerprint density at radius 2 is 1.90 bits per heavy atom. The van der Waals surface area contributed by atoms with Crippen LogP contribution in [-0.2, 0) is 27.2 Å². The number of aromatic nitrogens is 4. The maximum Gasteiger partial charge on any atom is 0.481 e. The lowest BCUT2D eigenvalue weighted by Crippen LogP contribution is -2.48. The van der Waals surface area contributed by atoms with E-state index in [4.69, 9.17) is 25.0 Å². The highest BCUT2D eigenvalue weighted by Gasteiger charge is 2.51. The number of imidazole rings is 1. The predicted octanol–water partition coefficient (Wildman–Crippen LogP) is -1.46. The molecule has 40 heavy (non-hydrogen) atoms. The Bertz CT molecular complexity index is 1420. The normalized spacial score (nSPS) is 42.1. The Morgan fingerprint density at radius 3 is 2.62 bits per heavy atom. The van der Waals surface area contributed by atoms with Crippen molar-refractivity contribution in [1.29, 1.82) is 0 Å². The molecule has 1 saturated heterocycles. The SMILES string of the molecule is [N-]=[N+]=NCC[C@H]1OP(=O)(O)OP(=O)(O)OC[C@H]2O[C@H]([C@H](O)[C@@H]2O)n2cnc3c(N)[n+](cnc32)[C@@H]2C[C@H]1[C@@H](O)[C@H]2O. The zero-order chi connectivity index (χ0) is 29.0. The number of aliphatic hydroxyl groups is 4. The van der Waals surface area contributed by atoms with E-state index in [1.54, 1.807) is 0 Å². The zero-order valence-electron chi connectivity index (χ0n) is 20.4. The lowest BCUT2D eigenvalue weighted by molar-refractivity contribution is -0.717. The number of hydrogen-bond acceptors (Lipinski definition) is 14. The fourth-order valence-corrected chi connectivity index (χ4v) is 7.61. The van der Waals surface area contributed by atoms with Crippen LogP contribution in [0.25, 0.3) is 21.6 Å². The highest BCUT2D eigenvalue weighted by Crippen LogP contribution is 2.62. The van der Waals surface area contributed by atoms with Crippen LogP contribution in [0.15, 0.2) is 17.8 Å². The van der Waals surface area contributed by atoms with Crippen molar-refractivity contribution in [3.8, 4) is 0 Å². The molecule has 8 N–H and O–H groups in total. The van der Waals surface area contributed by atoms with Crippen LogP contribution in [0.4, 0.5) is 5.82 Å². The van der Waals surface area contributed by atoms with E-state index in [9.17, 15) is 39.3 Å². The molecule has 1 saturated carbocycles. The zero-order valence-corrected chi connectivity index (χ0v) is 22.2. The Kier molecular flexibility index (Phi) is 7.92. The van der Waals surface area contributed by atoms with E-state index in [0.29, 0.717) is 0 Å². The number of nitrogens with two attached hydrogens (primary N) is 1. The average Bonchev–Trinajstić information content (AvgIpc) is 3.52. The van der Waals surface area contributed by atoms with Gasteiger partial charge in [-0.05, 0) is 18.4 Å². The van der Waals surface area contributed by atoms with Gasteiger partial charge in [-0.15, -0.1) is 0 Å². The molecule has 2 fully saturated rings. The van der Waals surface area contributed by atoms with Crippen molar-refractivity contribution in [2.75, 3.05) is 18.9 Å². The molecule has 0 spiro atoms. The van der Waals surface area contributed by atoms with E-state index in [-0.39, 0.29) is 36.4 Å². The first-order valence-corrected chi connectivity index (χ1v) is 14.9. The molecular formula is C18H27N8O12P2+. The fourth-order valence-electron chi connectivity index (χ4n) is 5.29. The van der Waals surface area contributed by atoms with Crippen LogP contribution in [0, 0.1) is 5.92 Å². The summed E-state index contributed by atoms with van der Waals surface area (Å²) in [6.07, 6.45) is -8.23. The van der Waals surface area contributed by atoms with E-state index < -0.39 is 77.1 Å². The molecule has 20 nitrogen and oxygen atoms in total. The van der Waals surface area contributed by atoms with Crippen LogP contribution >= 0.6 is 15.6 Å². The summed E-state index contributed by atoms with van der Waals surface area (Å²) < 4.78 is 47.8. The smallest absolute Gasteiger partial charge is 0.390 e. The molecule has 11 atom stereocenters. The first-order chi connectivity index (χ1) is 18.8. The second-order valence-electron chi connectivity index (χ2n) is 9.56. The van der Waals surface area contributed by atoms with Crippen molar-refractivity contribution < 1.29 is 62.0 Å². The summed E-state index contributed by atoms with van der Waals surface area (Å²) in [5.41, 5.74) is 15.2. The fraction of sp³-hybridized carbons (Fsp3) is 0.722. The van der Waals surface area contributed by atoms with Crippen LogP contribution < -0.4 is 10.3 Å². The van der Waals surface area contributed by atoms with Crippen LogP contribution in [0.5, 0.6) is 0 Å². The first kappa shape index (κ1) is 29.2. The Balaban J connectivity index is 1.59. The quantitative estimate of drug-likeness (QED) is 0.0687. The molecular weight excluding hydrogens is 582 g/mol. The molecule has 2 aromatic heterocycles.